The van der Waals surface area contributed by atoms with Crippen LogP contribution in [0.5, 0.6) is 0 Å². The van der Waals surface area contributed by atoms with Crippen LogP contribution in [-0.4, -0.2) is 50.3 Å². The summed E-state index contributed by atoms with van der Waals surface area (Å²) < 4.78 is 6.59. The van der Waals surface area contributed by atoms with Crippen LogP contribution in [0, 0.1) is 22.7 Å². The number of fused-ring (bicyclic) bond motifs is 1. The quantitative estimate of drug-likeness (QED) is 0.584. The van der Waals surface area contributed by atoms with Gasteiger partial charge in [-0.25, -0.2) is 4.79 Å². The zero-order valence-corrected chi connectivity index (χ0v) is 19.8. The van der Waals surface area contributed by atoms with E-state index in [1.165, 1.54) is 4.57 Å². The molecular formula is C24H26N8O3. The van der Waals surface area contributed by atoms with Crippen molar-refractivity contribution in [3.8, 4) is 12.1 Å². The van der Waals surface area contributed by atoms with E-state index < -0.39 is 17.3 Å². The van der Waals surface area contributed by atoms with Gasteiger partial charge in [0.1, 0.15) is 11.7 Å². The van der Waals surface area contributed by atoms with Crippen molar-refractivity contribution in [3.63, 3.8) is 0 Å². The van der Waals surface area contributed by atoms with E-state index in [-0.39, 0.29) is 29.6 Å². The first-order chi connectivity index (χ1) is 16.7. The average molecular weight is 475 g/mol. The SMILES string of the molecule is CC(C)(C)OC(=O)NC1CCCN(c2nc3nc(C#N)n(Cc4ccccc4C#N)c(=O)c3[nH]2)C1. The van der Waals surface area contributed by atoms with Gasteiger partial charge in [-0.15, -0.1) is 0 Å². The number of nitrogens with zero attached hydrogens (tertiary/aromatic N) is 6. The van der Waals surface area contributed by atoms with Crippen LogP contribution in [0.2, 0.25) is 0 Å². The van der Waals surface area contributed by atoms with Crippen LogP contribution < -0.4 is 15.8 Å². The molecule has 1 atom stereocenters. The van der Waals surface area contributed by atoms with E-state index in [2.05, 4.69) is 26.3 Å². The summed E-state index contributed by atoms with van der Waals surface area (Å²) in [5, 5.41) is 21.9. The Morgan fingerprint density at radius 3 is 2.74 bits per heavy atom. The number of amides is 1. The molecule has 2 N–H and O–H groups in total. The van der Waals surface area contributed by atoms with E-state index in [1.807, 2.05) is 31.7 Å². The Labute approximate surface area is 202 Å². The number of hydrogen-bond acceptors (Lipinski definition) is 8. The molecule has 0 saturated carbocycles. The summed E-state index contributed by atoms with van der Waals surface area (Å²) in [5.74, 6) is 0.357. The number of anilines is 1. The third-order valence-corrected chi connectivity index (χ3v) is 5.61. The van der Waals surface area contributed by atoms with Gasteiger partial charge >= 0.3 is 6.09 Å². The molecule has 0 bridgehead atoms. The maximum Gasteiger partial charge on any atom is 0.407 e. The highest BCUT2D eigenvalue weighted by atomic mass is 16.6. The van der Waals surface area contributed by atoms with E-state index in [1.54, 1.807) is 24.3 Å². The van der Waals surface area contributed by atoms with E-state index in [0.717, 1.165) is 12.8 Å². The van der Waals surface area contributed by atoms with Crippen LogP contribution in [0.3, 0.4) is 0 Å². The van der Waals surface area contributed by atoms with E-state index in [9.17, 15) is 20.1 Å². The number of imidazole rings is 1. The highest BCUT2D eigenvalue weighted by molar-refractivity contribution is 5.73. The molecule has 1 saturated heterocycles. The van der Waals surface area contributed by atoms with Crippen LogP contribution in [0.15, 0.2) is 29.1 Å². The van der Waals surface area contributed by atoms with E-state index in [4.69, 9.17) is 4.74 Å². The van der Waals surface area contributed by atoms with Crippen molar-refractivity contribution in [2.75, 3.05) is 18.0 Å². The molecule has 1 aliphatic heterocycles. The number of nitrogens with one attached hydrogen (secondary N) is 2. The number of carbonyl (C=O) groups is 1. The second-order valence-electron chi connectivity index (χ2n) is 9.40. The van der Waals surface area contributed by atoms with E-state index in [0.29, 0.717) is 30.2 Å². The monoisotopic (exact) mass is 474 g/mol. The molecule has 0 radical (unpaired) electrons. The predicted molar refractivity (Wildman–Crippen MR) is 128 cm³/mol. The Morgan fingerprint density at radius 2 is 2.03 bits per heavy atom. The highest BCUT2D eigenvalue weighted by Crippen LogP contribution is 2.20. The van der Waals surface area contributed by atoms with Gasteiger partial charge in [-0.3, -0.25) is 9.36 Å². The summed E-state index contributed by atoms with van der Waals surface area (Å²) in [4.78, 5) is 39.2. The second-order valence-corrected chi connectivity index (χ2v) is 9.40. The summed E-state index contributed by atoms with van der Waals surface area (Å²) in [7, 11) is 0. The molecule has 1 fully saturated rings. The fourth-order valence-electron chi connectivity index (χ4n) is 4.05. The number of aromatic amines is 1. The lowest BCUT2D eigenvalue weighted by atomic mass is 10.1. The second kappa shape index (κ2) is 9.47. The van der Waals surface area contributed by atoms with Crippen molar-refractivity contribution in [2.24, 2.45) is 0 Å². The van der Waals surface area contributed by atoms with Gasteiger partial charge in [0.25, 0.3) is 5.56 Å². The van der Waals surface area contributed by atoms with Crippen molar-refractivity contribution in [3.05, 3.63) is 51.6 Å². The Hall–Kier alpha value is -4.38. The van der Waals surface area contributed by atoms with Crippen molar-refractivity contribution in [1.29, 1.82) is 10.5 Å². The number of rotatable bonds is 4. The Bertz CT molecular complexity index is 1400. The molecule has 1 amide bonds. The number of hydrogen-bond donors (Lipinski definition) is 2. The fraction of sp³-hybridized carbons (Fsp3) is 0.417. The van der Waals surface area contributed by atoms with Crippen LogP contribution in [0.1, 0.15) is 50.6 Å². The van der Waals surface area contributed by atoms with Gasteiger partial charge in [0.2, 0.25) is 11.8 Å². The first kappa shape index (κ1) is 23.8. The lowest BCUT2D eigenvalue weighted by molar-refractivity contribution is 0.0500. The minimum absolute atomic E-state index is 0.0361. The number of alkyl carbamates (subject to hydrolysis) is 1. The standard InChI is InChI=1S/C24H26N8O3/c1-24(2,3)35-23(34)27-17-9-6-10-31(14-17)22-29-19-20(30-22)28-18(12-26)32(21(19)33)13-16-8-5-4-7-15(16)11-25/h4-5,7-8,17H,6,9-10,13-14H2,1-3H3,(H,27,34)(H,29,30). The van der Waals surface area contributed by atoms with Crippen LogP contribution in [0.25, 0.3) is 11.2 Å². The molecule has 35 heavy (non-hydrogen) atoms. The van der Waals surface area contributed by atoms with Gasteiger partial charge in [-0.2, -0.15) is 20.5 Å². The topological polar surface area (TPSA) is 153 Å². The zero-order chi connectivity index (χ0) is 25.2. The van der Waals surface area contributed by atoms with Gasteiger partial charge in [0, 0.05) is 19.1 Å². The molecule has 4 rings (SSSR count). The Morgan fingerprint density at radius 1 is 1.26 bits per heavy atom. The summed E-state index contributed by atoms with van der Waals surface area (Å²) in [6.45, 7) is 6.62. The summed E-state index contributed by atoms with van der Waals surface area (Å²) in [6.07, 6.45) is 1.12. The molecule has 3 heterocycles. The lowest BCUT2D eigenvalue weighted by Crippen LogP contribution is -2.49. The zero-order valence-electron chi connectivity index (χ0n) is 19.8. The highest BCUT2D eigenvalue weighted by Gasteiger charge is 2.26. The number of carbonyl (C=O) groups excluding carboxylic acids is 1. The summed E-state index contributed by atoms with van der Waals surface area (Å²) >= 11 is 0. The number of benzene rings is 1. The first-order valence-corrected chi connectivity index (χ1v) is 11.3. The van der Waals surface area contributed by atoms with Gasteiger partial charge in [-0.05, 0) is 45.2 Å². The molecule has 11 nitrogen and oxygen atoms in total. The van der Waals surface area contributed by atoms with Crippen LogP contribution in [-0.2, 0) is 11.3 Å². The van der Waals surface area contributed by atoms with Crippen molar-refractivity contribution < 1.29 is 9.53 Å². The number of H-pyrrole nitrogens is 1. The molecule has 0 spiro atoms. The lowest BCUT2D eigenvalue weighted by Gasteiger charge is -2.33. The van der Waals surface area contributed by atoms with Gasteiger partial charge in [0.15, 0.2) is 11.2 Å². The predicted octanol–water partition coefficient (Wildman–Crippen LogP) is 2.40. The third-order valence-electron chi connectivity index (χ3n) is 5.61. The molecule has 2 aromatic heterocycles. The van der Waals surface area contributed by atoms with E-state index >= 15 is 0 Å². The number of nitriles is 2. The number of piperidine rings is 1. The van der Waals surface area contributed by atoms with Gasteiger partial charge < -0.3 is 19.9 Å². The largest absolute Gasteiger partial charge is 0.444 e. The third kappa shape index (κ3) is 5.25. The molecule has 3 aromatic rings. The molecular weight excluding hydrogens is 448 g/mol. The minimum Gasteiger partial charge on any atom is -0.444 e. The fourth-order valence-corrected chi connectivity index (χ4v) is 4.05. The number of ether oxygens (including phenoxy) is 1. The Kier molecular flexibility index (Phi) is 6.43. The minimum atomic E-state index is -0.588. The molecule has 1 unspecified atom stereocenters. The molecule has 1 aromatic carbocycles. The molecule has 1 aliphatic rings. The summed E-state index contributed by atoms with van der Waals surface area (Å²) in [6, 6.07) is 10.8. The van der Waals surface area contributed by atoms with Crippen molar-refractivity contribution in [2.45, 2.75) is 51.8 Å². The molecule has 0 aliphatic carbocycles. The number of aromatic nitrogens is 4. The maximum absolute atomic E-state index is 13.3. The van der Waals surface area contributed by atoms with Crippen molar-refractivity contribution in [1.82, 2.24) is 24.8 Å². The normalized spacial score (nSPS) is 15.9. The Balaban J connectivity index is 1.61. The molecule has 11 heteroatoms. The van der Waals surface area contributed by atoms with Crippen LogP contribution >= 0.6 is 0 Å². The van der Waals surface area contributed by atoms with Crippen LogP contribution in [0.4, 0.5) is 10.7 Å². The van der Waals surface area contributed by atoms with Gasteiger partial charge in [0.05, 0.1) is 18.2 Å². The smallest absolute Gasteiger partial charge is 0.407 e. The average Bonchev–Trinajstić information content (AvgIpc) is 3.24. The van der Waals surface area contributed by atoms with Crippen molar-refractivity contribution >= 4 is 23.2 Å². The maximum atomic E-state index is 13.3. The van der Waals surface area contributed by atoms with Gasteiger partial charge in [-0.1, -0.05) is 18.2 Å². The first-order valence-electron chi connectivity index (χ1n) is 11.3. The molecule has 180 valence electrons. The summed E-state index contributed by atoms with van der Waals surface area (Å²) in [5.41, 5.74) is 0.324.